The first-order valence-corrected chi connectivity index (χ1v) is 6.02. The smallest absolute Gasteiger partial charge is 0.00432 e. The van der Waals surface area contributed by atoms with E-state index in [2.05, 4.69) is 50.4 Å². The van der Waals surface area contributed by atoms with Crippen LogP contribution < -0.4 is 5.32 Å². The standard InChI is InChI=1S/C14H23N/c1-4-10-15-11-9-13(3)14-8-6-5-7-12(14)2/h5-8,13,15H,4,9-11H2,1-3H3. The van der Waals surface area contributed by atoms with Gasteiger partial charge in [0.2, 0.25) is 0 Å². The van der Waals surface area contributed by atoms with Crippen LogP contribution in [-0.4, -0.2) is 13.1 Å². The molecule has 0 saturated carbocycles. The molecular formula is C14H23N. The van der Waals surface area contributed by atoms with Crippen molar-refractivity contribution >= 4 is 0 Å². The predicted octanol–water partition coefficient (Wildman–Crippen LogP) is 3.49. The first-order chi connectivity index (χ1) is 7.25. The minimum absolute atomic E-state index is 0.663. The van der Waals surface area contributed by atoms with Gasteiger partial charge in [0.05, 0.1) is 0 Å². The van der Waals surface area contributed by atoms with Gasteiger partial charge in [-0.1, -0.05) is 38.1 Å². The van der Waals surface area contributed by atoms with Gasteiger partial charge in [-0.15, -0.1) is 0 Å². The van der Waals surface area contributed by atoms with E-state index in [1.54, 1.807) is 0 Å². The normalized spacial score (nSPS) is 12.7. The van der Waals surface area contributed by atoms with Crippen LogP contribution in [0.25, 0.3) is 0 Å². The molecule has 0 fully saturated rings. The molecule has 1 aromatic rings. The van der Waals surface area contributed by atoms with Gasteiger partial charge < -0.3 is 5.32 Å². The van der Waals surface area contributed by atoms with Gasteiger partial charge in [0.1, 0.15) is 0 Å². The molecule has 0 aromatic heterocycles. The van der Waals surface area contributed by atoms with Gasteiger partial charge in [-0.05, 0) is 49.9 Å². The maximum atomic E-state index is 3.46. The van der Waals surface area contributed by atoms with Gasteiger partial charge in [-0.25, -0.2) is 0 Å². The van der Waals surface area contributed by atoms with E-state index in [-0.39, 0.29) is 0 Å². The average Bonchev–Trinajstić information content (AvgIpc) is 2.25. The van der Waals surface area contributed by atoms with Crippen LogP contribution in [0.3, 0.4) is 0 Å². The number of benzene rings is 1. The lowest BCUT2D eigenvalue weighted by Gasteiger charge is -2.14. The molecule has 0 amide bonds. The highest BCUT2D eigenvalue weighted by atomic mass is 14.8. The van der Waals surface area contributed by atoms with Crippen molar-refractivity contribution in [3.05, 3.63) is 35.4 Å². The molecule has 0 saturated heterocycles. The Morgan fingerprint density at radius 3 is 2.60 bits per heavy atom. The fourth-order valence-electron chi connectivity index (χ4n) is 1.92. The van der Waals surface area contributed by atoms with Gasteiger partial charge in [0, 0.05) is 0 Å². The quantitative estimate of drug-likeness (QED) is 0.701. The summed E-state index contributed by atoms with van der Waals surface area (Å²) in [7, 11) is 0. The van der Waals surface area contributed by atoms with Crippen molar-refractivity contribution < 1.29 is 0 Å². The van der Waals surface area contributed by atoms with Gasteiger partial charge in [0.15, 0.2) is 0 Å². The summed E-state index contributed by atoms with van der Waals surface area (Å²) in [4.78, 5) is 0. The monoisotopic (exact) mass is 205 g/mol. The van der Waals surface area contributed by atoms with E-state index in [1.165, 1.54) is 24.0 Å². The zero-order valence-corrected chi connectivity index (χ0v) is 10.2. The van der Waals surface area contributed by atoms with E-state index in [0.29, 0.717) is 5.92 Å². The number of aryl methyl sites for hydroxylation is 1. The third kappa shape index (κ3) is 4.05. The fraction of sp³-hybridized carbons (Fsp3) is 0.571. The largest absolute Gasteiger partial charge is 0.317 e. The van der Waals surface area contributed by atoms with Crippen LogP contribution in [-0.2, 0) is 0 Å². The van der Waals surface area contributed by atoms with Crippen molar-refractivity contribution in [2.24, 2.45) is 0 Å². The van der Waals surface area contributed by atoms with E-state index in [9.17, 15) is 0 Å². The Balaban J connectivity index is 2.40. The van der Waals surface area contributed by atoms with E-state index < -0.39 is 0 Å². The lowest BCUT2D eigenvalue weighted by atomic mass is 9.94. The SMILES string of the molecule is CCCNCCC(C)c1ccccc1C. The molecule has 84 valence electrons. The molecule has 0 bridgehead atoms. The summed E-state index contributed by atoms with van der Waals surface area (Å²) in [6, 6.07) is 8.70. The molecule has 1 nitrogen and oxygen atoms in total. The Hall–Kier alpha value is -0.820. The Morgan fingerprint density at radius 1 is 1.20 bits per heavy atom. The van der Waals surface area contributed by atoms with Crippen molar-refractivity contribution in [1.29, 1.82) is 0 Å². The lowest BCUT2D eigenvalue weighted by Crippen LogP contribution is -2.17. The molecule has 15 heavy (non-hydrogen) atoms. The third-order valence-corrected chi connectivity index (χ3v) is 2.90. The minimum Gasteiger partial charge on any atom is -0.317 e. The fourth-order valence-corrected chi connectivity index (χ4v) is 1.92. The van der Waals surface area contributed by atoms with Crippen LogP contribution in [0.4, 0.5) is 0 Å². The first-order valence-electron chi connectivity index (χ1n) is 6.02. The Labute approximate surface area is 93.9 Å². The van der Waals surface area contributed by atoms with E-state index in [4.69, 9.17) is 0 Å². The summed E-state index contributed by atoms with van der Waals surface area (Å²) >= 11 is 0. The second kappa shape index (κ2) is 6.62. The second-order valence-corrected chi connectivity index (χ2v) is 4.30. The lowest BCUT2D eigenvalue weighted by molar-refractivity contribution is 0.589. The minimum atomic E-state index is 0.663. The van der Waals surface area contributed by atoms with Crippen LogP contribution >= 0.6 is 0 Å². The molecule has 0 spiro atoms. The van der Waals surface area contributed by atoms with Crippen molar-refractivity contribution in [3.8, 4) is 0 Å². The zero-order valence-electron chi connectivity index (χ0n) is 10.2. The van der Waals surface area contributed by atoms with Crippen molar-refractivity contribution in [2.75, 3.05) is 13.1 Å². The number of rotatable bonds is 6. The summed E-state index contributed by atoms with van der Waals surface area (Å²) in [6.07, 6.45) is 2.45. The Kier molecular flexibility index (Phi) is 5.41. The van der Waals surface area contributed by atoms with E-state index in [1.807, 2.05) is 0 Å². The summed E-state index contributed by atoms with van der Waals surface area (Å²) in [5.41, 5.74) is 2.91. The molecule has 0 aliphatic carbocycles. The topological polar surface area (TPSA) is 12.0 Å². The van der Waals surface area contributed by atoms with Crippen LogP contribution in [0.5, 0.6) is 0 Å². The summed E-state index contributed by atoms with van der Waals surface area (Å²) in [6.45, 7) is 8.99. The molecule has 0 aliphatic heterocycles. The molecule has 0 aliphatic rings. The number of nitrogens with one attached hydrogen (secondary N) is 1. The average molecular weight is 205 g/mol. The number of hydrogen-bond donors (Lipinski definition) is 1. The molecule has 1 heteroatoms. The highest BCUT2D eigenvalue weighted by Crippen LogP contribution is 2.21. The summed E-state index contributed by atoms with van der Waals surface area (Å²) in [5, 5.41) is 3.46. The maximum absolute atomic E-state index is 3.46. The van der Waals surface area contributed by atoms with Crippen LogP contribution in [0.15, 0.2) is 24.3 Å². The zero-order chi connectivity index (χ0) is 11.1. The third-order valence-electron chi connectivity index (χ3n) is 2.90. The Morgan fingerprint density at radius 2 is 1.93 bits per heavy atom. The van der Waals surface area contributed by atoms with Crippen molar-refractivity contribution in [2.45, 2.75) is 39.5 Å². The molecule has 1 atom stereocenters. The van der Waals surface area contributed by atoms with E-state index >= 15 is 0 Å². The second-order valence-electron chi connectivity index (χ2n) is 4.30. The highest BCUT2D eigenvalue weighted by molar-refractivity contribution is 5.28. The van der Waals surface area contributed by atoms with Crippen LogP contribution in [0.2, 0.25) is 0 Å². The van der Waals surface area contributed by atoms with Gasteiger partial charge >= 0.3 is 0 Å². The molecule has 1 rings (SSSR count). The molecule has 0 heterocycles. The predicted molar refractivity (Wildman–Crippen MR) is 67.4 cm³/mol. The molecule has 1 unspecified atom stereocenters. The highest BCUT2D eigenvalue weighted by Gasteiger charge is 2.06. The van der Waals surface area contributed by atoms with Crippen LogP contribution in [0, 0.1) is 6.92 Å². The molecule has 1 aromatic carbocycles. The van der Waals surface area contributed by atoms with Crippen molar-refractivity contribution in [1.82, 2.24) is 5.32 Å². The van der Waals surface area contributed by atoms with Crippen LogP contribution in [0.1, 0.15) is 43.7 Å². The number of hydrogen-bond acceptors (Lipinski definition) is 1. The molecule has 1 N–H and O–H groups in total. The van der Waals surface area contributed by atoms with Gasteiger partial charge in [-0.2, -0.15) is 0 Å². The summed E-state index contributed by atoms with van der Waals surface area (Å²) < 4.78 is 0. The molecular weight excluding hydrogens is 182 g/mol. The maximum Gasteiger partial charge on any atom is -0.00432 e. The first kappa shape index (κ1) is 12.3. The van der Waals surface area contributed by atoms with Gasteiger partial charge in [-0.3, -0.25) is 0 Å². The van der Waals surface area contributed by atoms with E-state index in [0.717, 1.165) is 13.1 Å². The molecule has 0 radical (unpaired) electrons. The van der Waals surface area contributed by atoms with Gasteiger partial charge in [0.25, 0.3) is 0 Å². The van der Waals surface area contributed by atoms with Crippen molar-refractivity contribution in [3.63, 3.8) is 0 Å². The summed E-state index contributed by atoms with van der Waals surface area (Å²) in [5.74, 6) is 0.663. The Bertz CT molecular complexity index is 280.